The predicted molar refractivity (Wildman–Crippen MR) is 112 cm³/mol. The summed E-state index contributed by atoms with van der Waals surface area (Å²) in [6.45, 7) is 12.7. The number of aromatic amines is 1. The molecule has 5 rings (SSSR count). The summed E-state index contributed by atoms with van der Waals surface area (Å²) in [5, 5.41) is 1.39. The third kappa shape index (κ3) is 3.18. The van der Waals surface area contributed by atoms with Gasteiger partial charge in [0.1, 0.15) is 5.60 Å². The molecular formula is C23H33N3O2. The quantitative estimate of drug-likeness (QED) is 0.884. The lowest BCUT2D eigenvalue weighted by atomic mass is 9.82. The van der Waals surface area contributed by atoms with Crippen molar-refractivity contribution in [3.05, 3.63) is 35.5 Å². The molecule has 1 N–H and O–H groups in total. The Balaban J connectivity index is 1.31. The Bertz CT molecular complexity index is 829. The molecule has 0 bridgehead atoms. The maximum atomic E-state index is 6.47. The monoisotopic (exact) mass is 383 g/mol. The predicted octanol–water partition coefficient (Wildman–Crippen LogP) is 3.14. The molecule has 0 aliphatic carbocycles. The van der Waals surface area contributed by atoms with Gasteiger partial charge in [0.05, 0.1) is 25.5 Å². The van der Waals surface area contributed by atoms with Gasteiger partial charge in [0, 0.05) is 49.2 Å². The summed E-state index contributed by atoms with van der Waals surface area (Å²) < 4.78 is 12.0. The number of ether oxygens (including phenoxy) is 2. The normalized spacial score (nSPS) is 23.9. The van der Waals surface area contributed by atoms with E-state index in [-0.39, 0.29) is 11.1 Å². The molecule has 3 aliphatic heterocycles. The molecule has 0 amide bonds. The minimum Gasteiger partial charge on any atom is -0.379 e. The van der Waals surface area contributed by atoms with Gasteiger partial charge in [-0.3, -0.25) is 4.90 Å². The number of hydrogen-bond acceptors (Lipinski definition) is 4. The first-order valence-electron chi connectivity index (χ1n) is 10.9. The number of piperidine rings is 1. The standard InChI is InChI=1S/C23H33N3O2/c1-22(2,26-12-15-27-16-13-26)17-25-10-8-23(9-11-25)21-19(7-14-28-23)18-5-3-4-6-20(18)24-21/h3-6,24H,7-17H2,1-2H3. The smallest absolute Gasteiger partial charge is 0.110 e. The van der Waals surface area contributed by atoms with Gasteiger partial charge in [0.25, 0.3) is 0 Å². The van der Waals surface area contributed by atoms with Crippen LogP contribution in [-0.4, -0.2) is 72.9 Å². The van der Waals surface area contributed by atoms with E-state index >= 15 is 0 Å². The number of nitrogens with zero attached hydrogens (tertiary/aromatic N) is 2. The lowest BCUT2D eigenvalue weighted by Crippen LogP contribution is -2.57. The van der Waals surface area contributed by atoms with Crippen LogP contribution >= 0.6 is 0 Å². The van der Waals surface area contributed by atoms with E-state index in [1.807, 2.05) is 0 Å². The molecule has 3 aliphatic rings. The minimum atomic E-state index is -0.119. The number of fused-ring (bicyclic) bond motifs is 4. The van der Waals surface area contributed by atoms with E-state index in [1.165, 1.54) is 22.2 Å². The fourth-order valence-electron chi connectivity index (χ4n) is 5.55. The molecule has 0 saturated carbocycles. The summed E-state index contributed by atoms with van der Waals surface area (Å²) in [5.74, 6) is 0. The summed E-state index contributed by atoms with van der Waals surface area (Å²) >= 11 is 0. The maximum Gasteiger partial charge on any atom is 0.110 e. The lowest BCUT2D eigenvalue weighted by Gasteiger charge is -2.48. The molecule has 2 saturated heterocycles. The van der Waals surface area contributed by atoms with Crippen LogP contribution in [0.1, 0.15) is 37.9 Å². The molecular weight excluding hydrogens is 350 g/mol. The molecule has 152 valence electrons. The highest BCUT2D eigenvalue weighted by atomic mass is 16.5. The van der Waals surface area contributed by atoms with Gasteiger partial charge in [0.15, 0.2) is 0 Å². The Hall–Kier alpha value is -1.40. The number of nitrogens with one attached hydrogen (secondary N) is 1. The highest BCUT2D eigenvalue weighted by molar-refractivity contribution is 5.85. The number of H-pyrrole nitrogens is 1. The number of aromatic nitrogens is 1. The SMILES string of the molecule is CC(C)(CN1CCC2(CC1)OCCc1c2[nH]c2ccccc12)N1CCOCC1. The van der Waals surface area contributed by atoms with Gasteiger partial charge in [-0.15, -0.1) is 0 Å². The molecule has 1 aromatic carbocycles. The summed E-state index contributed by atoms with van der Waals surface area (Å²) in [4.78, 5) is 8.96. The van der Waals surface area contributed by atoms with Gasteiger partial charge in [-0.1, -0.05) is 18.2 Å². The number of likely N-dealkylation sites (tertiary alicyclic amines) is 1. The number of benzene rings is 1. The van der Waals surface area contributed by atoms with Crippen molar-refractivity contribution in [2.75, 3.05) is 52.5 Å². The summed E-state index contributed by atoms with van der Waals surface area (Å²) in [5.41, 5.74) is 4.17. The Morgan fingerprint density at radius 2 is 1.79 bits per heavy atom. The Kier molecular flexibility index (Phi) is 4.74. The average molecular weight is 384 g/mol. The van der Waals surface area contributed by atoms with E-state index in [0.717, 1.165) is 71.8 Å². The van der Waals surface area contributed by atoms with Gasteiger partial charge in [-0.2, -0.15) is 0 Å². The summed E-state index contributed by atoms with van der Waals surface area (Å²) in [6, 6.07) is 8.72. The van der Waals surface area contributed by atoms with Gasteiger partial charge in [-0.05, 0) is 44.7 Å². The number of morpholine rings is 1. The highest BCUT2D eigenvalue weighted by Crippen LogP contribution is 2.43. The van der Waals surface area contributed by atoms with E-state index in [2.05, 4.69) is 52.9 Å². The molecule has 5 nitrogen and oxygen atoms in total. The topological polar surface area (TPSA) is 40.7 Å². The van der Waals surface area contributed by atoms with Gasteiger partial charge in [-0.25, -0.2) is 0 Å². The molecule has 2 aromatic rings. The van der Waals surface area contributed by atoms with Crippen molar-refractivity contribution in [1.82, 2.24) is 14.8 Å². The molecule has 1 aromatic heterocycles. The second-order valence-electron chi connectivity index (χ2n) is 9.30. The van der Waals surface area contributed by atoms with Crippen LogP contribution in [0, 0.1) is 0 Å². The minimum absolute atomic E-state index is 0.119. The van der Waals surface area contributed by atoms with E-state index in [1.54, 1.807) is 0 Å². The molecule has 0 radical (unpaired) electrons. The van der Waals surface area contributed by atoms with Crippen LogP contribution in [-0.2, 0) is 21.5 Å². The van der Waals surface area contributed by atoms with E-state index in [0.29, 0.717) is 0 Å². The van der Waals surface area contributed by atoms with Crippen molar-refractivity contribution in [1.29, 1.82) is 0 Å². The van der Waals surface area contributed by atoms with Crippen molar-refractivity contribution < 1.29 is 9.47 Å². The maximum absolute atomic E-state index is 6.47. The lowest BCUT2D eigenvalue weighted by molar-refractivity contribution is -0.106. The average Bonchev–Trinajstić information content (AvgIpc) is 3.11. The van der Waals surface area contributed by atoms with E-state index < -0.39 is 0 Å². The van der Waals surface area contributed by atoms with Crippen LogP contribution in [0.25, 0.3) is 10.9 Å². The van der Waals surface area contributed by atoms with Crippen molar-refractivity contribution in [2.24, 2.45) is 0 Å². The van der Waals surface area contributed by atoms with Crippen LogP contribution in [0.15, 0.2) is 24.3 Å². The van der Waals surface area contributed by atoms with Crippen molar-refractivity contribution in [3.8, 4) is 0 Å². The second kappa shape index (κ2) is 7.13. The second-order valence-corrected chi connectivity index (χ2v) is 9.30. The molecule has 0 unspecified atom stereocenters. The molecule has 28 heavy (non-hydrogen) atoms. The molecule has 1 spiro atoms. The zero-order valence-electron chi connectivity index (χ0n) is 17.3. The third-order valence-corrected chi connectivity index (χ3v) is 7.14. The van der Waals surface area contributed by atoms with E-state index in [9.17, 15) is 0 Å². The first-order chi connectivity index (χ1) is 13.6. The fraction of sp³-hybridized carbons (Fsp3) is 0.652. The molecule has 0 atom stereocenters. The third-order valence-electron chi connectivity index (χ3n) is 7.14. The van der Waals surface area contributed by atoms with Crippen molar-refractivity contribution in [3.63, 3.8) is 0 Å². The molecule has 2 fully saturated rings. The van der Waals surface area contributed by atoms with Gasteiger partial charge >= 0.3 is 0 Å². The van der Waals surface area contributed by atoms with Crippen LogP contribution in [0.5, 0.6) is 0 Å². The Morgan fingerprint density at radius 3 is 2.57 bits per heavy atom. The summed E-state index contributed by atoms with van der Waals surface area (Å²) in [6.07, 6.45) is 3.17. The van der Waals surface area contributed by atoms with Gasteiger partial charge < -0.3 is 19.4 Å². The zero-order valence-corrected chi connectivity index (χ0v) is 17.3. The molecule has 4 heterocycles. The summed E-state index contributed by atoms with van der Waals surface area (Å²) in [7, 11) is 0. The largest absolute Gasteiger partial charge is 0.379 e. The number of rotatable bonds is 3. The van der Waals surface area contributed by atoms with Crippen LogP contribution in [0.4, 0.5) is 0 Å². The van der Waals surface area contributed by atoms with E-state index in [4.69, 9.17) is 9.47 Å². The highest BCUT2D eigenvalue weighted by Gasteiger charge is 2.43. The van der Waals surface area contributed by atoms with Gasteiger partial charge in [0.2, 0.25) is 0 Å². The first-order valence-corrected chi connectivity index (χ1v) is 10.9. The molecule has 5 heteroatoms. The van der Waals surface area contributed by atoms with Crippen LogP contribution in [0.2, 0.25) is 0 Å². The van der Waals surface area contributed by atoms with Crippen LogP contribution < -0.4 is 0 Å². The van der Waals surface area contributed by atoms with Crippen LogP contribution in [0.3, 0.4) is 0 Å². The zero-order chi connectivity index (χ0) is 19.2. The Labute approximate surface area is 168 Å². The van der Waals surface area contributed by atoms with Crippen molar-refractivity contribution in [2.45, 2.75) is 44.2 Å². The Morgan fingerprint density at radius 1 is 1.04 bits per heavy atom. The number of para-hydroxylation sites is 1. The first kappa shape index (κ1) is 18.6. The fourth-order valence-corrected chi connectivity index (χ4v) is 5.55. The van der Waals surface area contributed by atoms with Crippen molar-refractivity contribution >= 4 is 10.9 Å². The number of hydrogen-bond donors (Lipinski definition) is 1.